The van der Waals surface area contributed by atoms with Crippen LogP contribution in [0.15, 0.2) is 27.7 Å². The molecule has 0 N–H and O–H groups in total. The van der Waals surface area contributed by atoms with Crippen LogP contribution in [0.5, 0.6) is 0 Å². The van der Waals surface area contributed by atoms with Crippen LogP contribution in [0.2, 0.25) is 0 Å². The van der Waals surface area contributed by atoms with E-state index >= 15 is 0 Å². The minimum Gasteiger partial charge on any atom is -0.339 e. The number of thiazole rings is 1. The Labute approximate surface area is 182 Å². The van der Waals surface area contributed by atoms with Crippen molar-refractivity contribution >= 4 is 59.1 Å². The summed E-state index contributed by atoms with van der Waals surface area (Å²) in [5, 5.41) is 0. The lowest BCUT2D eigenvalue weighted by Gasteiger charge is -2.35. The standard InChI is InChI=1S/C19H24BrN3O4S2/c1-3-14-6-4-5-9-23(14)18(25)12-29(26,27)11-17(24)21-19-22(2)15-8-7-13(20)10-16(15)28-19/h7-8,10,14H,3-6,9,11-12H2,1-2H3. The average Bonchev–Trinajstić information content (AvgIpc) is 2.95. The van der Waals surface area contributed by atoms with Gasteiger partial charge in [-0.05, 0) is 43.9 Å². The van der Waals surface area contributed by atoms with Gasteiger partial charge in [0.15, 0.2) is 14.6 Å². The summed E-state index contributed by atoms with van der Waals surface area (Å²) in [6, 6.07) is 5.80. The fourth-order valence-electron chi connectivity index (χ4n) is 3.62. The van der Waals surface area contributed by atoms with Crippen LogP contribution >= 0.6 is 27.3 Å². The van der Waals surface area contributed by atoms with Crippen molar-refractivity contribution in [3.63, 3.8) is 0 Å². The van der Waals surface area contributed by atoms with Crippen LogP contribution in [0.25, 0.3) is 10.2 Å². The maximum absolute atomic E-state index is 12.5. The van der Waals surface area contributed by atoms with Crippen molar-refractivity contribution in [1.29, 1.82) is 0 Å². The molecule has 3 rings (SSSR count). The number of fused-ring (bicyclic) bond motifs is 1. The van der Waals surface area contributed by atoms with E-state index < -0.39 is 33.2 Å². The van der Waals surface area contributed by atoms with Crippen molar-refractivity contribution in [1.82, 2.24) is 9.47 Å². The Bertz CT molecular complexity index is 1100. The predicted molar refractivity (Wildman–Crippen MR) is 117 cm³/mol. The molecule has 1 aliphatic heterocycles. The van der Waals surface area contributed by atoms with E-state index in [9.17, 15) is 18.0 Å². The Balaban J connectivity index is 1.73. The van der Waals surface area contributed by atoms with Crippen LogP contribution in [0.1, 0.15) is 32.6 Å². The van der Waals surface area contributed by atoms with Gasteiger partial charge < -0.3 is 9.47 Å². The molecule has 0 bridgehead atoms. The zero-order valence-corrected chi connectivity index (χ0v) is 19.6. The summed E-state index contributed by atoms with van der Waals surface area (Å²) in [7, 11) is -2.10. The number of aromatic nitrogens is 1. The van der Waals surface area contributed by atoms with Gasteiger partial charge in [0.2, 0.25) is 5.91 Å². The summed E-state index contributed by atoms with van der Waals surface area (Å²) in [4.78, 5) is 30.9. The normalized spacial score (nSPS) is 18.4. The van der Waals surface area contributed by atoms with Gasteiger partial charge in [0.25, 0.3) is 5.91 Å². The minimum absolute atomic E-state index is 0.0868. The van der Waals surface area contributed by atoms with Crippen LogP contribution in [0.4, 0.5) is 0 Å². The topological polar surface area (TPSA) is 88.8 Å². The zero-order valence-electron chi connectivity index (χ0n) is 16.4. The molecule has 7 nitrogen and oxygen atoms in total. The maximum atomic E-state index is 12.5. The van der Waals surface area contributed by atoms with Crippen molar-refractivity contribution in [2.75, 3.05) is 18.1 Å². The number of halogens is 1. The number of hydrogen-bond acceptors (Lipinski definition) is 5. The van der Waals surface area contributed by atoms with Crippen molar-refractivity contribution in [3.05, 3.63) is 27.5 Å². The number of benzene rings is 1. The zero-order chi connectivity index (χ0) is 21.2. The number of aryl methyl sites for hydroxylation is 1. The number of carbonyl (C=O) groups is 2. The van der Waals surface area contributed by atoms with Crippen LogP contribution in [0, 0.1) is 0 Å². The third-order valence-corrected chi connectivity index (χ3v) is 8.06. The smallest absolute Gasteiger partial charge is 0.263 e. The van der Waals surface area contributed by atoms with Crippen LogP contribution in [0.3, 0.4) is 0 Å². The third-order valence-electron chi connectivity index (χ3n) is 5.10. The highest BCUT2D eigenvalue weighted by molar-refractivity contribution is 9.10. The van der Waals surface area contributed by atoms with Crippen LogP contribution in [-0.2, 0) is 26.5 Å². The molecule has 0 aliphatic carbocycles. The van der Waals surface area contributed by atoms with E-state index in [2.05, 4.69) is 20.9 Å². The van der Waals surface area contributed by atoms with E-state index in [0.29, 0.717) is 11.3 Å². The SMILES string of the molecule is CCC1CCCCN1C(=O)CS(=O)(=O)CC(=O)N=c1sc2cc(Br)ccc2n1C. The summed E-state index contributed by atoms with van der Waals surface area (Å²) in [6.45, 7) is 2.58. The molecule has 0 saturated carbocycles. The number of carbonyl (C=O) groups excluding carboxylic acids is 2. The number of rotatable bonds is 5. The Morgan fingerprint density at radius 1 is 1.28 bits per heavy atom. The lowest BCUT2D eigenvalue weighted by atomic mass is 10.0. The Morgan fingerprint density at radius 3 is 2.76 bits per heavy atom. The lowest BCUT2D eigenvalue weighted by molar-refractivity contribution is -0.132. The van der Waals surface area contributed by atoms with Crippen molar-refractivity contribution in [2.45, 2.75) is 38.6 Å². The number of piperidine rings is 1. The summed E-state index contributed by atoms with van der Waals surface area (Å²) >= 11 is 4.71. The van der Waals surface area contributed by atoms with Crippen molar-refractivity contribution < 1.29 is 18.0 Å². The molecule has 1 fully saturated rings. The molecule has 2 heterocycles. The largest absolute Gasteiger partial charge is 0.339 e. The first-order chi connectivity index (χ1) is 13.7. The molecule has 0 radical (unpaired) electrons. The van der Waals surface area contributed by atoms with E-state index in [-0.39, 0.29) is 6.04 Å². The number of amides is 2. The molecule has 2 aromatic rings. The van der Waals surface area contributed by atoms with E-state index in [1.54, 1.807) is 16.5 Å². The highest BCUT2D eigenvalue weighted by atomic mass is 79.9. The fourth-order valence-corrected chi connectivity index (χ4v) is 6.29. The van der Waals surface area contributed by atoms with Gasteiger partial charge in [0.1, 0.15) is 11.5 Å². The lowest BCUT2D eigenvalue weighted by Crippen LogP contribution is -2.46. The molecule has 1 unspecified atom stereocenters. The van der Waals surface area contributed by atoms with Gasteiger partial charge in [-0.15, -0.1) is 0 Å². The second kappa shape index (κ2) is 9.09. The van der Waals surface area contributed by atoms with Gasteiger partial charge in [0, 0.05) is 24.1 Å². The molecular weight excluding hydrogens is 478 g/mol. The van der Waals surface area contributed by atoms with E-state index in [4.69, 9.17) is 0 Å². The minimum atomic E-state index is -3.88. The first-order valence-corrected chi connectivity index (χ1v) is 13.0. The first kappa shape index (κ1) is 22.2. The summed E-state index contributed by atoms with van der Waals surface area (Å²) in [6.07, 6.45) is 3.64. The summed E-state index contributed by atoms with van der Waals surface area (Å²) < 4.78 is 28.5. The van der Waals surface area contributed by atoms with Crippen molar-refractivity contribution in [2.24, 2.45) is 12.0 Å². The molecule has 2 amide bonds. The molecule has 1 aliphatic rings. The molecule has 1 saturated heterocycles. The molecule has 10 heteroatoms. The molecular formula is C19H24BrN3O4S2. The molecule has 1 aromatic carbocycles. The van der Waals surface area contributed by atoms with E-state index in [1.807, 2.05) is 25.1 Å². The van der Waals surface area contributed by atoms with Crippen molar-refractivity contribution in [3.8, 4) is 0 Å². The molecule has 1 aromatic heterocycles. The highest BCUT2D eigenvalue weighted by Crippen LogP contribution is 2.22. The predicted octanol–water partition coefficient (Wildman–Crippen LogP) is 2.64. The van der Waals surface area contributed by atoms with Gasteiger partial charge in [-0.2, -0.15) is 4.99 Å². The molecule has 29 heavy (non-hydrogen) atoms. The average molecular weight is 502 g/mol. The van der Waals surface area contributed by atoms with Gasteiger partial charge >= 0.3 is 0 Å². The second-order valence-corrected chi connectivity index (χ2v) is 11.2. The highest BCUT2D eigenvalue weighted by Gasteiger charge is 2.29. The monoisotopic (exact) mass is 501 g/mol. The number of hydrogen-bond donors (Lipinski definition) is 0. The molecule has 0 spiro atoms. The molecule has 158 valence electrons. The maximum Gasteiger partial charge on any atom is 0.263 e. The van der Waals surface area contributed by atoms with E-state index in [0.717, 1.165) is 40.4 Å². The van der Waals surface area contributed by atoms with Crippen LogP contribution < -0.4 is 4.80 Å². The third kappa shape index (κ3) is 5.35. The number of likely N-dealkylation sites (tertiary alicyclic amines) is 1. The quantitative estimate of drug-likeness (QED) is 0.629. The second-order valence-electron chi connectivity index (χ2n) is 7.24. The Kier molecular flexibility index (Phi) is 6.95. The fraction of sp³-hybridized carbons (Fsp3) is 0.526. The van der Waals surface area contributed by atoms with Gasteiger partial charge in [0.05, 0.1) is 10.2 Å². The van der Waals surface area contributed by atoms with E-state index in [1.165, 1.54) is 11.3 Å². The Hall–Kier alpha value is -1.52. The van der Waals surface area contributed by atoms with Gasteiger partial charge in [-0.1, -0.05) is 34.2 Å². The number of nitrogens with zero attached hydrogens (tertiary/aromatic N) is 3. The van der Waals surface area contributed by atoms with Gasteiger partial charge in [-0.3, -0.25) is 9.59 Å². The van der Waals surface area contributed by atoms with Gasteiger partial charge in [-0.25, -0.2) is 8.42 Å². The molecule has 1 atom stereocenters. The first-order valence-electron chi connectivity index (χ1n) is 9.52. The Morgan fingerprint density at radius 2 is 2.03 bits per heavy atom. The summed E-state index contributed by atoms with van der Waals surface area (Å²) in [5.41, 5.74) is 0.901. The number of sulfone groups is 1. The summed E-state index contributed by atoms with van der Waals surface area (Å²) in [5.74, 6) is -2.58. The van der Waals surface area contributed by atoms with Crippen LogP contribution in [-0.4, -0.2) is 53.8 Å².